The summed E-state index contributed by atoms with van der Waals surface area (Å²) >= 11 is 0. The fourth-order valence-corrected chi connectivity index (χ4v) is 5.10. The van der Waals surface area contributed by atoms with Crippen LogP contribution in [0.2, 0.25) is 0 Å². The first kappa shape index (κ1) is 29.5. The van der Waals surface area contributed by atoms with Crippen LogP contribution in [0, 0.1) is 5.41 Å². The molecule has 0 aliphatic carbocycles. The highest BCUT2D eigenvalue weighted by Crippen LogP contribution is 2.46. The zero-order chi connectivity index (χ0) is 27.8. The van der Waals surface area contributed by atoms with E-state index in [4.69, 9.17) is 9.84 Å². The molecule has 3 heterocycles. The van der Waals surface area contributed by atoms with Gasteiger partial charge < -0.3 is 25.4 Å². The van der Waals surface area contributed by atoms with E-state index in [1.165, 1.54) is 5.56 Å². The Bertz CT molecular complexity index is 980. The Hall–Kier alpha value is -3.05. The van der Waals surface area contributed by atoms with Crippen LogP contribution >= 0.6 is 0 Å². The first-order valence-corrected chi connectivity index (χ1v) is 13.2. The summed E-state index contributed by atoms with van der Waals surface area (Å²) in [6.07, 6.45) is -0.378. The van der Waals surface area contributed by atoms with E-state index in [1.54, 1.807) is 0 Å². The van der Waals surface area contributed by atoms with Crippen molar-refractivity contribution in [3.05, 3.63) is 23.4 Å². The number of piperidine rings is 1. The van der Waals surface area contributed by atoms with Crippen molar-refractivity contribution in [3.63, 3.8) is 0 Å². The predicted octanol–water partition coefficient (Wildman–Crippen LogP) is 4.30. The number of ether oxygens (including phenoxy) is 1. The average Bonchev–Trinajstić information content (AvgIpc) is 2.90. The van der Waals surface area contributed by atoms with Crippen molar-refractivity contribution in [2.45, 2.75) is 82.8 Å². The number of hydrogen-bond donors (Lipinski definition) is 3. The molecule has 0 spiro atoms. The van der Waals surface area contributed by atoms with Crippen LogP contribution in [0.1, 0.15) is 69.0 Å². The van der Waals surface area contributed by atoms with E-state index >= 15 is 0 Å². The SMILES string of the molecule is COC(=O)[C@H](CCCCCCCc1ccc2c(n1)NCCC2)NC(=O)C1(C(F)(F)F)CCN(C(=O)O)CC1. The number of hydrogen-bond acceptors (Lipinski definition) is 6. The van der Waals surface area contributed by atoms with Gasteiger partial charge in [0.1, 0.15) is 17.3 Å². The number of amides is 2. The molecule has 12 heteroatoms. The van der Waals surface area contributed by atoms with E-state index in [2.05, 4.69) is 27.8 Å². The van der Waals surface area contributed by atoms with Gasteiger partial charge in [-0.2, -0.15) is 13.2 Å². The molecule has 3 rings (SSSR count). The van der Waals surface area contributed by atoms with Crippen LogP contribution in [-0.4, -0.2) is 71.9 Å². The third-order valence-corrected chi connectivity index (χ3v) is 7.53. The lowest BCUT2D eigenvalue weighted by molar-refractivity contribution is -0.232. The normalized spacial score (nSPS) is 17.6. The number of halogens is 3. The second-order valence-corrected chi connectivity index (χ2v) is 10.0. The molecule has 1 fully saturated rings. The summed E-state index contributed by atoms with van der Waals surface area (Å²) in [5.41, 5.74) is -0.454. The molecule has 1 aromatic rings. The number of esters is 1. The van der Waals surface area contributed by atoms with Crippen LogP contribution in [0.5, 0.6) is 0 Å². The van der Waals surface area contributed by atoms with Crippen LogP contribution in [0.4, 0.5) is 23.8 Å². The van der Waals surface area contributed by atoms with Gasteiger partial charge in [0, 0.05) is 25.3 Å². The Morgan fingerprint density at radius 1 is 1.16 bits per heavy atom. The predicted molar refractivity (Wildman–Crippen MR) is 134 cm³/mol. The fourth-order valence-electron chi connectivity index (χ4n) is 5.10. The molecule has 0 aromatic carbocycles. The van der Waals surface area contributed by atoms with Crippen molar-refractivity contribution >= 4 is 23.8 Å². The highest BCUT2D eigenvalue weighted by molar-refractivity contribution is 5.89. The summed E-state index contributed by atoms with van der Waals surface area (Å²) in [5.74, 6) is -1.13. The number of methoxy groups -OCH3 is 1. The number of alkyl halides is 3. The van der Waals surface area contributed by atoms with Gasteiger partial charge in [0.15, 0.2) is 0 Å². The number of fused-ring (bicyclic) bond motifs is 1. The fraction of sp³-hybridized carbons (Fsp3) is 0.692. The maximum absolute atomic E-state index is 14.0. The van der Waals surface area contributed by atoms with E-state index in [1.807, 2.05) is 0 Å². The minimum atomic E-state index is -4.88. The second kappa shape index (κ2) is 13.1. The number of pyridine rings is 1. The molecule has 1 saturated heterocycles. The number of carbonyl (C=O) groups is 3. The van der Waals surface area contributed by atoms with Gasteiger partial charge in [-0.15, -0.1) is 0 Å². The van der Waals surface area contributed by atoms with Crippen molar-refractivity contribution in [1.29, 1.82) is 0 Å². The lowest BCUT2D eigenvalue weighted by atomic mass is 9.76. The summed E-state index contributed by atoms with van der Waals surface area (Å²) in [5, 5.41) is 14.6. The van der Waals surface area contributed by atoms with Crippen LogP contribution in [0.15, 0.2) is 12.1 Å². The van der Waals surface area contributed by atoms with Crippen LogP contribution < -0.4 is 10.6 Å². The Balaban J connectivity index is 1.45. The molecule has 212 valence electrons. The first-order chi connectivity index (χ1) is 18.1. The number of aromatic nitrogens is 1. The molecule has 2 aliphatic rings. The molecule has 2 amide bonds. The zero-order valence-corrected chi connectivity index (χ0v) is 21.7. The van der Waals surface area contributed by atoms with Gasteiger partial charge in [-0.25, -0.2) is 14.6 Å². The van der Waals surface area contributed by atoms with E-state index in [0.717, 1.165) is 75.0 Å². The summed E-state index contributed by atoms with van der Waals surface area (Å²) in [4.78, 5) is 41.7. The molecule has 3 N–H and O–H groups in total. The standard InChI is InChI=1S/C26H37F3N4O5/c1-38-22(34)20(32-23(35)25(26(27,28)29)13-16-33(17-14-25)24(36)37)10-6-4-2-3-5-9-19-12-11-18-8-7-15-30-21(18)31-19/h11-12,20H,2-10,13-17H2,1H3,(H,30,31)(H,32,35)(H,36,37)/t20-/m0/s1. The lowest BCUT2D eigenvalue weighted by Gasteiger charge is -2.41. The topological polar surface area (TPSA) is 121 Å². The summed E-state index contributed by atoms with van der Waals surface area (Å²) < 4.78 is 46.7. The molecule has 0 bridgehead atoms. The van der Waals surface area contributed by atoms with Gasteiger partial charge in [-0.3, -0.25) is 4.79 Å². The third kappa shape index (κ3) is 7.28. The summed E-state index contributed by atoms with van der Waals surface area (Å²) in [7, 11) is 1.12. The molecular weight excluding hydrogens is 505 g/mol. The Morgan fingerprint density at radius 2 is 1.84 bits per heavy atom. The Labute approximate surface area is 220 Å². The highest BCUT2D eigenvalue weighted by Gasteiger charge is 2.61. The Kier molecular flexibility index (Phi) is 10.2. The third-order valence-electron chi connectivity index (χ3n) is 7.53. The van der Waals surface area contributed by atoms with Crippen molar-refractivity contribution in [2.75, 3.05) is 32.1 Å². The van der Waals surface area contributed by atoms with Crippen LogP contribution in [0.3, 0.4) is 0 Å². The Morgan fingerprint density at radius 3 is 2.50 bits per heavy atom. The molecule has 38 heavy (non-hydrogen) atoms. The molecule has 0 radical (unpaired) electrons. The van der Waals surface area contributed by atoms with Gasteiger partial charge in [0.25, 0.3) is 0 Å². The van der Waals surface area contributed by atoms with Crippen molar-refractivity contribution in [2.24, 2.45) is 5.41 Å². The number of nitrogens with zero attached hydrogens (tertiary/aromatic N) is 2. The van der Waals surface area contributed by atoms with Crippen molar-refractivity contribution in [3.8, 4) is 0 Å². The quantitative estimate of drug-likeness (QED) is 0.282. The molecule has 1 atom stereocenters. The first-order valence-electron chi connectivity index (χ1n) is 13.2. The van der Waals surface area contributed by atoms with Gasteiger partial charge in [0.05, 0.1) is 7.11 Å². The molecule has 1 aromatic heterocycles. The maximum Gasteiger partial charge on any atom is 0.407 e. The molecule has 0 saturated carbocycles. The van der Waals surface area contributed by atoms with Crippen LogP contribution in [-0.2, 0) is 27.2 Å². The number of nitrogens with one attached hydrogen (secondary N) is 2. The minimum Gasteiger partial charge on any atom is -0.467 e. The molecular formula is C26H37F3N4O5. The number of carboxylic acid groups (broad SMARTS) is 1. The largest absolute Gasteiger partial charge is 0.467 e. The summed E-state index contributed by atoms with van der Waals surface area (Å²) in [6.45, 7) is 0.113. The molecule has 2 aliphatic heterocycles. The average molecular weight is 543 g/mol. The van der Waals surface area contributed by atoms with E-state index < -0.39 is 61.5 Å². The number of rotatable bonds is 11. The minimum absolute atomic E-state index is 0.158. The van der Waals surface area contributed by atoms with Gasteiger partial charge >= 0.3 is 18.2 Å². The van der Waals surface area contributed by atoms with Gasteiger partial charge in [-0.1, -0.05) is 31.7 Å². The van der Waals surface area contributed by atoms with Crippen LogP contribution in [0.25, 0.3) is 0 Å². The monoisotopic (exact) mass is 542 g/mol. The number of likely N-dealkylation sites (tertiary alicyclic amines) is 1. The van der Waals surface area contributed by atoms with E-state index in [0.29, 0.717) is 6.42 Å². The number of anilines is 1. The van der Waals surface area contributed by atoms with Gasteiger partial charge in [-0.05, 0) is 56.6 Å². The summed E-state index contributed by atoms with van der Waals surface area (Å²) in [6, 6.07) is 2.99. The van der Waals surface area contributed by atoms with E-state index in [9.17, 15) is 27.6 Å². The highest BCUT2D eigenvalue weighted by atomic mass is 19.4. The lowest BCUT2D eigenvalue weighted by Crippen LogP contribution is -2.59. The zero-order valence-electron chi connectivity index (χ0n) is 21.7. The van der Waals surface area contributed by atoms with Crippen molar-refractivity contribution in [1.82, 2.24) is 15.2 Å². The van der Waals surface area contributed by atoms with Gasteiger partial charge in [0.2, 0.25) is 5.91 Å². The maximum atomic E-state index is 14.0. The number of carbonyl (C=O) groups excluding carboxylic acids is 2. The van der Waals surface area contributed by atoms with Crippen molar-refractivity contribution < 1.29 is 37.4 Å². The van der Waals surface area contributed by atoms with E-state index in [-0.39, 0.29) is 6.42 Å². The number of unbranched alkanes of at least 4 members (excludes halogenated alkanes) is 4. The molecule has 0 unspecified atom stereocenters. The smallest absolute Gasteiger partial charge is 0.407 e. The number of aryl methyl sites for hydroxylation is 2. The second-order valence-electron chi connectivity index (χ2n) is 10.0. The molecule has 9 nitrogen and oxygen atoms in total.